The first kappa shape index (κ1) is 21.0. The van der Waals surface area contributed by atoms with Gasteiger partial charge in [0.25, 0.3) is 0 Å². The average molecular weight is 399 g/mol. The quantitative estimate of drug-likeness (QED) is 0.225. The molecule has 0 saturated heterocycles. The first-order chi connectivity index (χ1) is 14.6. The molecule has 0 spiro atoms. The van der Waals surface area contributed by atoms with Gasteiger partial charge in [-0.15, -0.1) is 0 Å². The smallest absolute Gasteiger partial charge is 0.159 e. The van der Waals surface area contributed by atoms with Crippen LogP contribution in [0.15, 0.2) is 93.3 Å². The van der Waals surface area contributed by atoms with Gasteiger partial charge in [-0.05, 0) is 86.1 Å². The predicted molar refractivity (Wildman–Crippen MR) is 121 cm³/mol. The van der Waals surface area contributed by atoms with Gasteiger partial charge in [-0.2, -0.15) is 20.5 Å². The normalized spacial score (nSPS) is 11.3. The van der Waals surface area contributed by atoms with E-state index in [-0.39, 0.29) is 5.78 Å². The molecule has 0 aliphatic rings. The third kappa shape index (κ3) is 6.44. The van der Waals surface area contributed by atoms with Crippen molar-refractivity contribution >= 4 is 34.2 Å². The van der Waals surface area contributed by atoms with Crippen LogP contribution in [0.3, 0.4) is 0 Å². The molecule has 6 nitrogen and oxygen atoms in total. The number of benzene rings is 3. The topological polar surface area (TPSA) is 78.5 Å². The van der Waals surface area contributed by atoms with Crippen LogP contribution in [-0.4, -0.2) is 12.3 Å². The van der Waals surface area contributed by atoms with Crippen molar-refractivity contribution < 1.29 is 4.79 Å². The molecule has 0 saturated carbocycles. The van der Waals surface area contributed by atoms with E-state index in [0.29, 0.717) is 16.9 Å². The van der Waals surface area contributed by atoms with Crippen LogP contribution < -0.4 is 5.32 Å². The summed E-state index contributed by atoms with van der Waals surface area (Å²) in [4.78, 5) is 11.3. The van der Waals surface area contributed by atoms with E-state index in [1.165, 1.54) is 13.3 Å². The molecule has 0 aliphatic heterocycles. The molecule has 30 heavy (non-hydrogen) atoms. The van der Waals surface area contributed by atoms with Crippen LogP contribution in [0.2, 0.25) is 0 Å². The van der Waals surface area contributed by atoms with E-state index >= 15 is 0 Å². The second-order valence-corrected chi connectivity index (χ2v) is 6.85. The van der Waals surface area contributed by atoms with Crippen LogP contribution in [0.5, 0.6) is 0 Å². The Morgan fingerprint density at radius 1 is 0.700 bits per heavy atom. The van der Waals surface area contributed by atoms with Gasteiger partial charge in [-0.3, -0.25) is 4.79 Å². The third-order valence-electron chi connectivity index (χ3n) is 4.41. The maximum atomic E-state index is 11.3. The van der Waals surface area contributed by atoms with Gasteiger partial charge in [-0.25, -0.2) is 0 Å². The zero-order valence-electron chi connectivity index (χ0n) is 17.2. The molecule has 0 aromatic heterocycles. The Morgan fingerprint density at radius 2 is 1.10 bits per heavy atom. The molecule has 1 N–H and O–H groups in total. The van der Waals surface area contributed by atoms with E-state index < -0.39 is 0 Å². The average Bonchev–Trinajstić information content (AvgIpc) is 2.78. The SMILES string of the molecule is CCCCNc1ccc(N=Nc2ccc(N=Nc3ccc(C(C)=O)cc3)cc2)cc1. The van der Waals surface area contributed by atoms with Crippen LogP contribution in [0.25, 0.3) is 0 Å². The van der Waals surface area contributed by atoms with Gasteiger partial charge in [0.1, 0.15) is 0 Å². The van der Waals surface area contributed by atoms with E-state index in [1.54, 1.807) is 24.3 Å². The number of unbranched alkanes of at least 4 members (excludes halogenated alkanes) is 1. The first-order valence-corrected chi connectivity index (χ1v) is 10.0. The van der Waals surface area contributed by atoms with E-state index in [0.717, 1.165) is 30.0 Å². The molecule has 0 heterocycles. The molecule has 0 radical (unpaired) electrons. The second kappa shape index (κ2) is 10.8. The Kier molecular flexibility index (Phi) is 7.55. The Hall–Kier alpha value is -3.67. The largest absolute Gasteiger partial charge is 0.385 e. The van der Waals surface area contributed by atoms with Gasteiger partial charge < -0.3 is 5.32 Å². The zero-order valence-corrected chi connectivity index (χ0v) is 17.2. The number of nitrogens with one attached hydrogen (secondary N) is 1. The van der Waals surface area contributed by atoms with Gasteiger partial charge in [0, 0.05) is 17.8 Å². The molecule has 0 bridgehead atoms. The zero-order chi connectivity index (χ0) is 21.2. The number of rotatable bonds is 9. The molecular weight excluding hydrogens is 374 g/mol. The molecular formula is C24H25N5O. The van der Waals surface area contributed by atoms with Crippen LogP contribution in [0, 0.1) is 0 Å². The summed E-state index contributed by atoms with van der Waals surface area (Å²) in [5.74, 6) is 0.0304. The minimum atomic E-state index is 0.0304. The lowest BCUT2D eigenvalue weighted by atomic mass is 10.1. The maximum absolute atomic E-state index is 11.3. The number of hydrogen-bond donors (Lipinski definition) is 1. The Balaban J connectivity index is 1.56. The van der Waals surface area contributed by atoms with E-state index in [1.807, 2.05) is 48.5 Å². The summed E-state index contributed by atoms with van der Waals surface area (Å²) in [5, 5.41) is 20.3. The number of hydrogen-bond acceptors (Lipinski definition) is 6. The van der Waals surface area contributed by atoms with Crippen LogP contribution in [-0.2, 0) is 0 Å². The molecule has 0 fully saturated rings. The van der Waals surface area contributed by atoms with Gasteiger partial charge >= 0.3 is 0 Å². The van der Waals surface area contributed by atoms with Crippen LogP contribution >= 0.6 is 0 Å². The van der Waals surface area contributed by atoms with Crippen molar-refractivity contribution in [2.24, 2.45) is 20.5 Å². The molecule has 0 unspecified atom stereocenters. The molecule has 0 amide bonds. The summed E-state index contributed by atoms with van der Waals surface area (Å²) in [6.07, 6.45) is 2.33. The Labute approximate surface area is 176 Å². The summed E-state index contributed by atoms with van der Waals surface area (Å²) in [6, 6.07) is 22.3. The van der Waals surface area contributed by atoms with Crippen molar-refractivity contribution in [3.8, 4) is 0 Å². The maximum Gasteiger partial charge on any atom is 0.159 e. The fraction of sp³-hybridized carbons (Fsp3) is 0.208. The molecule has 152 valence electrons. The monoisotopic (exact) mass is 399 g/mol. The molecule has 3 rings (SSSR count). The van der Waals surface area contributed by atoms with Crippen molar-refractivity contribution in [3.63, 3.8) is 0 Å². The van der Waals surface area contributed by atoms with Crippen molar-refractivity contribution in [1.29, 1.82) is 0 Å². The minimum Gasteiger partial charge on any atom is -0.385 e. The van der Waals surface area contributed by atoms with Crippen molar-refractivity contribution in [1.82, 2.24) is 0 Å². The van der Waals surface area contributed by atoms with Crippen molar-refractivity contribution in [3.05, 3.63) is 78.4 Å². The fourth-order valence-electron chi connectivity index (χ4n) is 2.64. The highest BCUT2D eigenvalue weighted by molar-refractivity contribution is 5.94. The summed E-state index contributed by atoms with van der Waals surface area (Å²) < 4.78 is 0. The number of carbonyl (C=O) groups is 1. The lowest BCUT2D eigenvalue weighted by Gasteiger charge is -2.04. The highest BCUT2D eigenvalue weighted by Gasteiger charge is 1.98. The molecule has 3 aromatic carbocycles. The first-order valence-electron chi connectivity index (χ1n) is 10.0. The fourth-order valence-corrected chi connectivity index (χ4v) is 2.64. The third-order valence-corrected chi connectivity index (χ3v) is 4.41. The molecule has 6 heteroatoms. The van der Waals surface area contributed by atoms with Gasteiger partial charge in [0.15, 0.2) is 5.78 Å². The lowest BCUT2D eigenvalue weighted by Crippen LogP contribution is -1.99. The van der Waals surface area contributed by atoms with Crippen LogP contribution in [0.4, 0.5) is 28.4 Å². The Bertz CT molecular complexity index is 1010. The number of azo groups is 2. The van der Waals surface area contributed by atoms with Crippen LogP contribution in [0.1, 0.15) is 37.0 Å². The number of ketones is 1. The minimum absolute atomic E-state index is 0.0304. The summed E-state index contributed by atoms with van der Waals surface area (Å²) in [5.41, 5.74) is 4.70. The summed E-state index contributed by atoms with van der Waals surface area (Å²) >= 11 is 0. The molecule has 0 atom stereocenters. The van der Waals surface area contributed by atoms with Gasteiger partial charge in [0.2, 0.25) is 0 Å². The summed E-state index contributed by atoms with van der Waals surface area (Å²) in [7, 11) is 0. The van der Waals surface area contributed by atoms with E-state index in [2.05, 4.69) is 32.7 Å². The lowest BCUT2D eigenvalue weighted by molar-refractivity contribution is 0.101. The standard InChI is InChI=1S/C24H25N5O/c1-3-4-17-25-20-9-11-22(12-10-20)27-29-24-15-13-23(14-16-24)28-26-21-7-5-19(6-8-21)18(2)30/h5-16,25H,3-4,17H2,1-2H3. The predicted octanol–water partition coefficient (Wildman–Crippen LogP) is 7.93. The van der Waals surface area contributed by atoms with Crippen molar-refractivity contribution in [2.75, 3.05) is 11.9 Å². The number of anilines is 1. The Morgan fingerprint density at radius 3 is 1.50 bits per heavy atom. The molecule has 0 aliphatic carbocycles. The summed E-state index contributed by atoms with van der Waals surface area (Å²) in [6.45, 7) is 4.69. The number of Topliss-reactive ketones (excluding diaryl/α,β-unsaturated/α-hetero) is 1. The highest BCUT2D eigenvalue weighted by Crippen LogP contribution is 2.24. The number of nitrogens with zero attached hydrogens (tertiary/aromatic N) is 4. The van der Waals surface area contributed by atoms with Crippen molar-refractivity contribution in [2.45, 2.75) is 26.7 Å². The van der Waals surface area contributed by atoms with Gasteiger partial charge in [0.05, 0.1) is 22.7 Å². The highest BCUT2D eigenvalue weighted by atomic mass is 16.1. The molecule has 3 aromatic rings. The van der Waals surface area contributed by atoms with Gasteiger partial charge in [-0.1, -0.05) is 13.3 Å². The van der Waals surface area contributed by atoms with E-state index in [9.17, 15) is 4.79 Å². The van der Waals surface area contributed by atoms with E-state index in [4.69, 9.17) is 0 Å². The number of carbonyl (C=O) groups excluding carboxylic acids is 1. The second-order valence-electron chi connectivity index (χ2n) is 6.85.